The van der Waals surface area contributed by atoms with Crippen molar-refractivity contribution in [1.82, 2.24) is 0 Å². The molecule has 1 aromatic rings. The van der Waals surface area contributed by atoms with Crippen LogP contribution in [-0.2, 0) is 9.84 Å². The highest BCUT2D eigenvalue weighted by Crippen LogP contribution is 2.16. The van der Waals surface area contributed by atoms with E-state index in [1.807, 2.05) is 31.2 Å². The van der Waals surface area contributed by atoms with E-state index in [0.29, 0.717) is 0 Å². The summed E-state index contributed by atoms with van der Waals surface area (Å²) in [5, 5.41) is 3.13. The normalized spacial score (nSPS) is 13.5. The average molecular weight is 292 g/mol. The molecule has 0 fully saturated rings. The van der Waals surface area contributed by atoms with E-state index in [-0.39, 0.29) is 11.8 Å². The molecule has 0 aliphatic heterocycles. The topological polar surface area (TPSA) is 46.2 Å². The molecular weight excluding hydrogens is 278 g/mol. The summed E-state index contributed by atoms with van der Waals surface area (Å²) in [6.45, 7) is 1.85. The second-order valence-electron chi connectivity index (χ2n) is 3.65. The molecule has 0 bridgehead atoms. The number of benzene rings is 1. The maximum absolute atomic E-state index is 11.0. The molecule has 0 aliphatic rings. The number of anilines is 1. The molecular formula is C10H14BrNO2S. The Morgan fingerprint density at radius 1 is 1.47 bits per heavy atom. The highest BCUT2D eigenvalue weighted by molar-refractivity contribution is 9.10. The summed E-state index contributed by atoms with van der Waals surface area (Å²) in [7, 11) is -2.93. The Hall–Kier alpha value is -0.550. The van der Waals surface area contributed by atoms with Gasteiger partial charge in [0.1, 0.15) is 9.84 Å². The second kappa shape index (κ2) is 4.99. The number of sulfone groups is 1. The van der Waals surface area contributed by atoms with Crippen LogP contribution in [0.5, 0.6) is 0 Å². The van der Waals surface area contributed by atoms with Crippen molar-refractivity contribution in [1.29, 1.82) is 0 Å². The van der Waals surface area contributed by atoms with Crippen LogP contribution in [0.3, 0.4) is 0 Å². The molecule has 0 heterocycles. The first-order chi connectivity index (χ1) is 6.87. The van der Waals surface area contributed by atoms with Crippen LogP contribution in [0.25, 0.3) is 0 Å². The molecule has 84 valence electrons. The lowest BCUT2D eigenvalue weighted by atomic mass is 10.3. The van der Waals surface area contributed by atoms with Gasteiger partial charge >= 0.3 is 0 Å². The van der Waals surface area contributed by atoms with Gasteiger partial charge in [0.2, 0.25) is 0 Å². The molecule has 0 amide bonds. The van der Waals surface area contributed by atoms with Crippen molar-refractivity contribution in [2.45, 2.75) is 13.0 Å². The predicted molar refractivity (Wildman–Crippen MR) is 66.9 cm³/mol. The Kier molecular flexibility index (Phi) is 4.16. The van der Waals surface area contributed by atoms with Gasteiger partial charge in [0, 0.05) is 22.5 Å². The summed E-state index contributed by atoms with van der Waals surface area (Å²) in [6, 6.07) is 7.56. The summed E-state index contributed by atoms with van der Waals surface area (Å²) < 4.78 is 23.1. The lowest BCUT2D eigenvalue weighted by Gasteiger charge is -2.14. The zero-order valence-electron chi connectivity index (χ0n) is 8.70. The van der Waals surface area contributed by atoms with Crippen molar-refractivity contribution in [3.8, 4) is 0 Å². The summed E-state index contributed by atoms with van der Waals surface area (Å²) in [4.78, 5) is 0. The van der Waals surface area contributed by atoms with Gasteiger partial charge in [0.05, 0.1) is 5.75 Å². The van der Waals surface area contributed by atoms with Crippen LogP contribution >= 0.6 is 15.9 Å². The number of hydrogen-bond donors (Lipinski definition) is 1. The van der Waals surface area contributed by atoms with Crippen LogP contribution in [-0.4, -0.2) is 26.5 Å². The Labute approximate surface area is 98.9 Å². The summed E-state index contributed by atoms with van der Waals surface area (Å²) in [5.41, 5.74) is 0.917. The number of halogens is 1. The molecule has 1 unspecified atom stereocenters. The maximum atomic E-state index is 11.0. The van der Waals surface area contributed by atoms with E-state index in [0.717, 1.165) is 10.2 Å². The molecule has 5 heteroatoms. The van der Waals surface area contributed by atoms with E-state index in [9.17, 15) is 8.42 Å². The molecule has 0 spiro atoms. The van der Waals surface area contributed by atoms with Gasteiger partial charge in [-0.25, -0.2) is 8.42 Å². The Bertz CT molecular complexity index is 431. The van der Waals surface area contributed by atoms with Crippen LogP contribution in [0.2, 0.25) is 0 Å². The standard InChI is InChI=1S/C10H14BrNO2S/c1-8(7-15(2,13)14)12-10-5-3-4-9(11)6-10/h3-6,8,12H,7H2,1-2H3. The summed E-state index contributed by atoms with van der Waals surface area (Å²) in [6.07, 6.45) is 1.24. The first kappa shape index (κ1) is 12.5. The molecule has 3 nitrogen and oxygen atoms in total. The fourth-order valence-corrected chi connectivity index (χ4v) is 2.75. The van der Waals surface area contributed by atoms with Gasteiger partial charge in [-0.05, 0) is 25.1 Å². The second-order valence-corrected chi connectivity index (χ2v) is 6.75. The number of rotatable bonds is 4. The zero-order valence-corrected chi connectivity index (χ0v) is 11.1. The third-order valence-corrected chi connectivity index (χ3v) is 3.39. The molecule has 1 rings (SSSR count). The van der Waals surface area contributed by atoms with Gasteiger partial charge in [0.15, 0.2) is 0 Å². The molecule has 0 saturated heterocycles. The largest absolute Gasteiger partial charge is 0.382 e. The summed E-state index contributed by atoms with van der Waals surface area (Å²) in [5.74, 6) is 0.138. The molecule has 1 aromatic carbocycles. The minimum Gasteiger partial charge on any atom is -0.382 e. The smallest absolute Gasteiger partial charge is 0.149 e. The van der Waals surface area contributed by atoms with Gasteiger partial charge in [0.25, 0.3) is 0 Å². The van der Waals surface area contributed by atoms with E-state index < -0.39 is 9.84 Å². The van der Waals surface area contributed by atoms with Crippen molar-refractivity contribution in [3.63, 3.8) is 0 Å². The van der Waals surface area contributed by atoms with Crippen molar-refractivity contribution in [2.24, 2.45) is 0 Å². The van der Waals surface area contributed by atoms with Crippen LogP contribution in [0.1, 0.15) is 6.92 Å². The molecule has 15 heavy (non-hydrogen) atoms. The first-order valence-electron chi connectivity index (χ1n) is 4.56. The Morgan fingerprint density at radius 2 is 2.13 bits per heavy atom. The predicted octanol–water partition coefficient (Wildman–Crippen LogP) is 2.29. The monoisotopic (exact) mass is 291 g/mol. The highest BCUT2D eigenvalue weighted by atomic mass is 79.9. The molecule has 0 saturated carbocycles. The Balaban J connectivity index is 2.63. The molecule has 0 aliphatic carbocycles. The highest BCUT2D eigenvalue weighted by Gasteiger charge is 2.09. The van der Waals surface area contributed by atoms with E-state index in [2.05, 4.69) is 21.2 Å². The number of hydrogen-bond acceptors (Lipinski definition) is 3. The van der Waals surface area contributed by atoms with Crippen LogP contribution in [0.4, 0.5) is 5.69 Å². The zero-order chi connectivity index (χ0) is 11.5. The SMILES string of the molecule is CC(CS(C)(=O)=O)Nc1cccc(Br)c1. The Morgan fingerprint density at radius 3 is 2.67 bits per heavy atom. The third-order valence-electron chi connectivity index (χ3n) is 1.79. The average Bonchev–Trinajstić information content (AvgIpc) is 1.99. The van der Waals surface area contributed by atoms with Crippen molar-refractivity contribution in [2.75, 3.05) is 17.3 Å². The molecule has 0 aromatic heterocycles. The van der Waals surface area contributed by atoms with Crippen molar-refractivity contribution < 1.29 is 8.42 Å². The third kappa shape index (κ3) is 5.18. The van der Waals surface area contributed by atoms with Gasteiger partial charge in [-0.2, -0.15) is 0 Å². The van der Waals surface area contributed by atoms with Crippen molar-refractivity contribution >= 4 is 31.5 Å². The lowest BCUT2D eigenvalue weighted by molar-refractivity contribution is 0.598. The lowest BCUT2D eigenvalue weighted by Crippen LogP contribution is -2.24. The van der Waals surface area contributed by atoms with Gasteiger partial charge in [-0.15, -0.1) is 0 Å². The van der Waals surface area contributed by atoms with Crippen LogP contribution in [0.15, 0.2) is 28.7 Å². The van der Waals surface area contributed by atoms with Crippen LogP contribution in [0, 0.1) is 0 Å². The maximum Gasteiger partial charge on any atom is 0.149 e. The van der Waals surface area contributed by atoms with E-state index in [4.69, 9.17) is 0 Å². The molecule has 0 radical (unpaired) electrons. The quantitative estimate of drug-likeness (QED) is 0.926. The van der Waals surface area contributed by atoms with Crippen molar-refractivity contribution in [3.05, 3.63) is 28.7 Å². The van der Waals surface area contributed by atoms with E-state index >= 15 is 0 Å². The molecule has 1 atom stereocenters. The molecule has 1 N–H and O–H groups in total. The van der Waals surface area contributed by atoms with E-state index in [1.165, 1.54) is 6.26 Å². The minimum absolute atomic E-state index is 0.0886. The van der Waals surface area contributed by atoms with Gasteiger partial charge in [-0.1, -0.05) is 22.0 Å². The minimum atomic E-state index is -2.93. The first-order valence-corrected chi connectivity index (χ1v) is 7.42. The fraction of sp³-hybridized carbons (Fsp3) is 0.400. The fourth-order valence-electron chi connectivity index (χ4n) is 1.36. The number of nitrogens with one attached hydrogen (secondary N) is 1. The van der Waals surface area contributed by atoms with Gasteiger partial charge in [-0.3, -0.25) is 0 Å². The van der Waals surface area contributed by atoms with Gasteiger partial charge < -0.3 is 5.32 Å². The summed E-state index contributed by atoms with van der Waals surface area (Å²) >= 11 is 3.36. The van der Waals surface area contributed by atoms with E-state index in [1.54, 1.807) is 0 Å². The van der Waals surface area contributed by atoms with Crippen LogP contribution < -0.4 is 5.32 Å².